The molecule has 3 rings (SSSR count). The van der Waals surface area contributed by atoms with Crippen LogP contribution in [0.1, 0.15) is 60.6 Å². The van der Waals surface area contributed by atoms with Crippen molar-refractivity contribution >= 4 is 23.5 Å². The summed E-state index contributed by atoms with van der Waals surface area (Å²) in [4.78, 5) is 33.1. The smallest absolute Gasteiger partial charge is 0.337 e. The maximum absolute atomic E-state index is 13.1. The fraction of sp³-hybridized carbons (Fsp3) is 0.333. The first kappa shape index (κ1) is 25.8. The molecule has 8 heteroatoms. The molecule has 0 saturated heterocycles. The van der Waals surface area contributed by atoms with Crippen molar-refractivity contribution in [3.05, 3.63) is 83.7 Å². The highest BCUT2D eigenvalue weighted by Gasteiger charge is 2.22. The van der Waals surface area contributed by atoms with Crippen molar-refractivity contribution in [3.8, 4) is 0 Å². The monoisotopic (exact) mass is 475 g/mol. The summed E-state index contributed by atoms with van der Waals surface area (Å²) in [5, 5.41) is 9.66. The summed E-state index contributed by atoms with van der Waals surface area (Å²) in [6, 6.07) is 18.8. The van der Waals surface area contributed by atoms with Gasteiger partial charge in [0, 0.05) is 18.7 Å². The Hall–Kier alpha value is -3.78. The molecule has 0 spiro atoms. The van der Waals surface area contributed by atoms with Gasteiger partial charge in [-0.15, -0.1) is 0 Å². The number of nitrogens with zero attached hydrogens (tertiary/aromatic N) is 2. The van der Waals surface area contributed by atoms with Crippen LogP contribution in [0.3, 0.4) is 0 Å². The molecule has 3 aromatic rings. The fourth-order valence-corrected chi connectivity index (χ4v) is 3.76. The number of hydrogen-bond donors (Lipinski definition) is 3. The molecule has 3 N–H and O–H groups in total. The quantitative estimate of drug-likeness (QED) is 0.325. The van der Waals surface area contributed by atoms with Gasteiger partial charge in [-0.3, -0.25) is 10.1 Å². The number of rotatable bonds is 12. The van der Waals surface area contributed by atoms with Gasteiger partial charge in [-0.05, 0) is 36.1 Å². The van der Waals surface area contributed by atoms with Crippen molar-refractivity contribution < 1.29 is 14.3 Å². The lowest BCUT2D eigenvalue weighted by Gasteiger charge is -2.24. The number of anilines is 2. The molecule has 8 nitrogen and oxygen atoms in total. The third kappa shape index (κ3) is 7.61. The highest BCUT2D eigenvalue weighted by atomic mass is 16.5. The highest BCUT2D eigenvalue weighted by molar-refractivity contribution is 5.94. The van der Waals surface area contributed by atoms with E-state index in [2.05, 4.69) is 51.9 Å². The van der Waals surface area contributed by atoms with Crippen LogP contribution in [0.25, 0.3) is 0 Å². The first-order chi connectivity index (χ1) is 17.0. The molecule has 2 aromatic carbocycles. The van der Waals surface area contributed by atoms with E-state index in [1.165, 1.54) is 13.4 Å². The minimum atomic E-state index is -0.370. The molecule has 1 heterocycles. The van der Waals surface area contributed by atoms with Crippen molar-refractivity contribution in [2.45, 2.75) is 51.7 Å². The van der Waals surface area contributed by atoms with E-state index in [-0.39, 0.29) is 24.0 Å². The van der Waals surface area contributed by atoms with Gasteiger partial charge in [-0.1, -0.05) is 62.7 Å². The Morgan fingerprint density at radius 3 is 2.34 bits per heavy atom. The zero-order valence-corrected chi connectivity index (χ0v) is 20.5. The van der Waals surface area contributed by atoms with Crippen LogP contribution in [0.4, 0.5) is 11.6 Å². The summed E-state index contributed by atoms with van der Waals surface area (Å²) < 4.78 is 4.72. The third-order valence-corrected chi connectivity index (χ3v) is 5.67. The molecule has 1 aromatic heterocycles. The average Bonchev–Trinajstić information content (AvgIpc) is 2.90. The van der Waals surface area contributed by atoms with E-state index in [0.29, 0.717) is 30.2 Å². The van der Waals surface area contributed by atoms with Gasteiger partial charge in [0.05, 0.1) is 18.7 Å². The molecular formula is C27H33N5O3. The minimum absolute atomic E-state index is 0.0895. The number of carbonyl (C=O) groups excluding carboxylic acids is 2. The molecule has 0 saturated carbocycles. The second-order valence-corrected chi connectivity index (χ2v) is 8.20. The van der Waals surface area contributed by atoms with E-state index in [1.54, 1.807) is 18.2 Å². The van der Waals surface area contributed by atoms with E-state index in [4.69, 9.17) is 4.74 Å². The molecule has 2 unspecified atom stereocenters. The van der Waals surface area contributed by atoms with Crippen molar-refractivity contribution in [3.63, 3.8) is 0 Å². The molecule has 184 valence electrons. The summed E-state index contributed by atoms with van der Waals surface area (Å²) in [6.07, 6.45) is 3.88. The van der Waals surface area contributed by atoms with Gasteiger partial charge >= 0.3 is 5.97 Å². The van der Waals surface area contributed by atoms with Crippen molar-refractivity contribution in [2.75, 3.05) is 17.7 Å². The molecular weight excluding hydrogens is 442 g/mol. The number of benzene rings is 2. The van der Waals surface area contributed by atoms with Crippen LogP contribution in [-0.4, -0.2) is 35.0 Å². The van der Waals surface area contributed by atoms with Crippen molar-refractivity contribution in [1.29, 1.82) is 0 Å². The number of nitrogens with one attached hydrogen (secondary N) is 3. The SMILES string of the molecule is CCCC(NC(CC)c1ccccc1)C(=O)Nc1cc(NCc2ccc(C(=O)OC)cc2)ncn1. The lowest BCUT2D eigenvalue weighted by molar-refractivity contribution is -0.118. The summed E-state index contributed by atoms with van der Waals surface area (Å²) >= 11 is 0. The Balaban J connectivity index is 1.61. The summed E-state index contributed by atoms with van der Waals surface area (Å²) in [6.45, 7) is 4.67. The lowest BCUT2D eigenvalue weighted by Crippen LogP contribution is -2.42. The zero-order valence-electron chi connectivity index (χ0n) is 20.5. The normalized spacial score (nSPS) is 12.4. The van der Waals surface area contributed by atoms with Crippen LogP contribution >= 0.6 is 0 Å². The van der Waals surface area contributed by atoms with Crippen molar-refractivity contribution in [1.82, 2.24) is 15.3 Å². The third-order valence-electron chi connectivity index (χ3n) is 5.67. The van der Waals surface area contributed by atoms with Crippen molar-refractivity contribution in [2.24, 2.45) is 0 Å². The van der Waals surface area contributed by atoms with E-state index in [9.17, 15) is 9.59 Å². The number of carbonyl (C=O) groups is 2. The standard InChI is InChI=1S/C27H33N5O3/c1-4-9-23(31-22(5-2)20-10-7-6-8-11-20)26(33)32-25-16-24(29-18-30-25)28-17-19-12-14-21(15-13-19)27(34)35-3/h6-8,10-16,18,22-23,31H,4-5,9,17H2,1-3H3,(H2,28,29,30,32,33). The number of aromatic nitrogens is 2. The molecule has 2 atom stereocenters. The van der Waals surface area contributed by atoms with Gasteiger partial charge in [0.1, 0.15) is 18.0 Å². The van der Waals surface area contributed by atoms with Crippen LogP contribution in [0.5, 0.6) is 0 Å². The summed E-state index contributed by atoms with van der Waals surface area (Å²) in [7, 11) is 1.36. The largest absolute Gasteiger partial charge is 0.465 e. The van der Waals surface area contributed by atoms with E-state index < -0.39 is 0 Å². The predicted octanol–water partition coefficient (Wildman–Crippen LogP) is 4.72. The predicted molar refractivity (Wildman–Crippen MR) is 137 cm³/mol. The maximum atomic E-state index is 13.1. The van der Waals surface area contributed by atoms with Crippen LogP contribution in [0.15, 0.2) is 67.0 Å². The van der Waals surface area contributed by atoms with Gasteiger partial charge < -0.3 is 15.4 Å². The van der Waals surface area contributed by atoms with Crippen LogP contribution in [0, 0.1) is 0 Å². The zero-order chi connectivity index (χ0) is 25.0. The van der Waals surface area contributed by atoms with Gasteiger partial charge in [0.2, 0.25) is 5.91 Å². The fourth-order valence-electron chi connectivity index (χ4n) is 3.76. The Morgan fingerprint density at radius 1 is 0.971 bits per heavy atom. The Bertz CT molecular complexity index is 1090. The summed E-state index contributed by atoms with van der Waals surface area (Å²) in [5.74, 6) is 0.530. The Kier molecular flexibility index (Phi) is 9.74. The van der Waals surface area contributed by atoms with E-state index >= 15 is 0 Å². The molecule has 1 amide bonds. The second kappa shape index (κ2) is 13.2. The molecule has 0 bridgehead atoms. The number of esters is 1. The molecule has 0 radical (unpaired) electrons. The molecule has 0 aliphatic rings. The van der Waals surface area contributed by atoms with E-state index in [1.807, 2.05) is 30.3 Å². The molecule has 0 fully saturated rings. The number of amides is 1. The Morgan fingerprint density at radius 2 is 1.69 bits per heavy atom. The van der Waals surface area contributed by atoms with Crippen LogP contribution < -0.4 is 16.0 Å². The maximum Gasteiger partial charge on any atom is 0.337 e. The topological polar surface area (TPSA) is 105 Å². The highest BCUT2D eigenvalue weighted by Crippen LogP contribution is 2.19. The first-order valence-electron chi connectivity index (χ1n) is 11.9. The van der Waals surface area contributed by atoms with Crippen LogP contribution in [0.2, 0.25) is 0 Å². The number of hydrogen-bond acceptors (Lipinski definition) is 7. The van der Waals surface area contributed by atoms with Gasteiger partial charge in [0.15, 0.2) is 0 Å². The molecule has 35 heavy (non-hydrogen) atoms. The number of methoxy groups -OCH3 is 1. The average molecular weight is 476 g/mol. The van der Waals surface area contributed by atoms with Crippen LogP contribution in [-0.2, 0) is 16.1 Å². The molecule has 0 aliphatic heterocycles. The summed E-state index contributed by atoms with van der Waals surface area (Å²) in [5.41, 5.74) is 2.63. The second-order valence-electron chi connectivity index (χ2n) is 8.20. The van der Waals surface area contributed by atoms with Gasteiger partial charge in [-0.2, -0.15) is 0 Å². The Labute approximate surface area is 206 Å². The van der Waals surface area contributed by atoms with Gasteiger partial charge in [0.25, 0.3) is 0 Å². The lowest BCUT2D eigenvalue weighted by atomic mass is 10.0. The van der Waals surface area contributed by atoms with Gasteiger partial charge in [-0.25, -0.2) is 14.8 Å². The molecule has 0 aliphatic carbocycles. The first-order valence-corrected chi connectivity index (χ1v) is 11.9. The van der Waals surface area contributed by atoms with E-state index in [0.717, 1.165) is 24.0 Å². The number of ether oxygens (including phenoxy) is 1. The minimum Gasteiger partial charge on any atom is -0.465 e.